The monoisotopic (exact) mass is 330 g/mol. The molecule has 0 unspecified atom stereocenters. The Bertz CT molecular complexity index is 796. The molecule has 0 spiro atoms. The highest BCUT2D eigenvalue weighted by molar-refractivity contribution is 7.92. The van der Waals surface area contributed by atoms with Crippen molar-refractivity contribution in [3.05, 3.63) is 44.7 Å². The Morgan fingerprint density at radius 3 is 2.52 bits per heavy atom. The zero-order valence-corrected chi connectivity index (χ0v) is 12.6. The van der Waals surface area contributed by atoms with Crippen LogP contribution < -0.4 is 4.72 Å². The number of hydrogen-bond acceptors (Lipinski definition) is 5. The molecule has 10 heteroatoms. The van der Waals surface area contributed by atoms with Gasteiger partial charge in [0.1, 0.15) is 4.90 Å². The quantitative estimate of drug-likeness (QED) is 0.659. The van der Waals surface area contributed by atoms with Crippen molar-refractivity contribution < 1.29 is 13.3 Å². The summed E-state index contributed by atoms with van der Waals surface area (Å²) < 4.78 is 27.0. The van der Waals surface area contributed by atoms with Crippen molar-refractivity contribution in [3.8, 4) is 0 Å². The molecule has 1 aromatic heterocycles. The van der Waals surface area contributed by atoms with Gasteiger partial charge in [-0.25, -0.2) is 8.42 Å². The molecule has 1 aromatic carbocycles. The molecule has 2 N–H and O–H groups in total. The molecule has 112 valence electrons. The largest absolute Gasteiger partial charge is 0.280 e. The first-order chi connectivity index (χ1) is 9.72. The van der Waals surface area contributed by atoms with Gasteiger partial charge in [-0.3, -0.25) is 19.9 Å². The predicted molar refractivity (Wildman–Crippen MR) is 77.0 cm³/mol. The van der Waals surface area contributed by atoms with E-state index in [9.17, 15) is 18.5 Å². The molecule has 0 fully saturated rings. The summed E-state index contributed by atoms with van der Waals surface area (Å²) in [7, 11) is -3.97. The van der Waals surface area contributed by atoms with Crippen LogP contribution in [0.3, 0.4) is 0 Å². The molecule has 0 saturated carbocycles. The lowest BCUT2D eigenvalue weighted by Gasteiger charge is -2.09. The Morgan fingerprint density at radius 2 is 2.05 bits per heavy atom. The number of hydrogen-bond donors (Lipinski definition) is 2. The van der Waals surface area contributed by atoms with Crippen molar-refractivity contribution in [2.24, 2.45) is 0 Å². The van der Waals surface area contributed by atoms with Gasteiger partial charge in [0.15, 0.2) is 0 Å². The summed E-state index contributed by atoms with van der Waals surface area (Å²) in [6, 6.07) is 3.16. The Hall–Kier alpha value is -2.13. The fourth-order valence-corrected chi connectivity index (χ4v) is 3.43. The maximum absolute atomic E-state index is 12.3. The second kappa shape index (κ2) is 5.34. The first-order valence-corrected chi connectivity index (χ1v) is 7.57. The molecular formula is C11H11ClN4O4S. The summed E-state index contributed by atoms with van der Waals surface area (Å²) in [5.74, 6) is 0. The zero-order chi connectivity index (χ0) is 15.8. The Labute approximate surface area is 125 Å². The fourth-order valence-electron chi connectivity index (χ4n) is 1.71. The number of H-pyrrole nitrogens is 1. The zero-order valence-electron chi connectivity index (χ0n) is 11.0. The predicted octanol–water partition coefficient (Wildman–Crippen LogP) is 2.39. The number of benzene rings is 1. The number of halogens is 1. The molecule has 0 aliphatic rings. The van der Waals surface area contributed by atoms with Gasteiger partial charge in [-0.1, -0.05) is 11.6 Å². The number of aromatic amines is 1. The Morgan fingerprint density at radius 1 is 1.38 bits per heavy atom. The molecule has 1 heterocycles. The van der Waals surface area contributed by atoms with Crippen LogP contribution in [0.15, 0.2) is 23.1 Å². The highest BCUT2D eigenvalue weighted by Gasteiger charge is 2.22. The van der Waals surface area contributed by atoms with E-state index in [1.807, 2.05) is 0 Å². The number of nitrogens with zero attached hydrogens (tertiary/aromatic N) is 2. The second-order valence-electron chi connectivity index (χ2n) is 4.29. The van der Waals surface area contributed by atoms with E-state index in [1.54, 1.807) is 13.8 Å². The van der Waals surface area contributed by atoms with Gasteiger partial charge < -0.3 is 0 Å². The molecule has 2 aromatic rings. The van der Waals surface area contributed by atoms with E-state index in [-0.39, 0.29) is 15.6 Å². The van der Waals surface area contributed by atoms with Gasteiger partial charge in [0.05, 0.1) is 27.0 Å². The molecule has 21 heavy (non-hydrogen) atoms. The third-order valence-electron chi connectivity index (χ3n) is 2.78. The molecule has 0 radical (unpaired) electrons. The smallest absolute Gasteiger partial charge is 0.271 e. The summed E-state index contributed by atoms with van der Waals surface area (Å²) in [4.78, 5) is 9.74. The molecular weight excluding hydrogens is 320 g/mol. The van der Waals surface area contributed by atoms with Gasteiger partial charge in [0.25, 0.3) is 15.7 Å². The Kier molecular flexibility index (Phi) is 3.88. The molecule has 2 rings (SSSR count). The van der Waals surface area contributed by atoms with Gasteiger partial charge >= 0.3 is 0 Å². The van der Waals surface area contributed by atoms with Crippen molar-refractivity contribution in [1.82, 2.24) is 10.2 Å². The molecule has 0 amide bonds. The lowest BCUT2D eigenvalue weighted by Crippen LogP contribution is -2.14. The van der Waals surface area contributed by atoms with Crippen LogP contribution in [0, 0.1) is 24.0 Å². The highest BCUT2D eigenvalue weighted by Crippen LogP contribution is 2.28. The van der Waals surface area contributed by atoms with Crippen LogP contribution in [0.1, 0.15) is 11.4 Å². The maximum atomic E-state index is 12.3. The minimum atomic E-state index is -3.97. The second-order valence-corrected chi connectivity index (χ2v) is 6.34. The van der Waals surface area contributed by atoms with Crippen molar-refractivity contribution in [2.75, 3.05) is 4.72 Å². The van der Waals surface area contributed by atoms with Gasteiger partial charge in [0, 0.05) is 12.1 Å². The van der Waals surface area contributed by atoms with E-state index >= 15 is 0 Å². The number of rotatable bonds is 4. The topological polar surface area (TPSA) is 118 Å². The van der Waals surface area contributed by atoms with E-state index in [4.69, 9.17) is 11.6 Å². The van der Waals surface area contributed by atoms with Crippen LogP contribution in [0.2, 0.25) is 5.02 Å². The molecule has 0 atom stereocenters. The number of anilines is 1. The first-order valence-electron chi connectivity index (χ1n) is 5.70. The SMILES string of the molecule is Cc1n[nH]c(C)c1NS(=O)(=O)c1ccc([N+](=O)[O-])cc1Cl. The van der Waals surface area contributed by atoms with Gasteiger partial charge in [-0.05, 0) is 19.9 Å². The van der Waals surface area contributed by atoms with Crippen LogP contribution >= 0.6 is 11.6 Å². The minimum Gasteiger partial charge on any atom is -0.280 e. The van der Waals surface area contributed by atoms with Crippen LogP contribution in [0.4, 0.5) is 11.4 Å². The molecule has 0 aliphatic carbocycles. The minimum absolute atomic E-state index is 0.226. The molecule has 0 aliphatic heterocycles. The van der Waals surface area contributed by atoms with Crippen LogP contribution in [0.5, 0.6) is 0 Å². The number of nitro groups is 1. The summed E-state index contributed by atoms with van der Waals surface area (Å²) in [5.41, 5.74) is 1.07. The van der Waals surface area contributed by atoms with Crippen LogP contribution in [0.25, 0.3) is 0 Å². The van der Waals surface area contributed by atoms with Crippen molar-refractivity contribution in [1.29, 1.82) is 0 Å². The van der Waals surface area contributed by atoms with Crippen molar-refractivity contribution in [3.63, 3.8) is 0 Å². The van der Waals surface area contributed by atoms with Gasteiger partial charge in [-0.15, -0.1) is 0 Å². The van der Waals surface area contributed by atoms with E-state index in [0.717, 1.165) is 18.2 Å². The number of non-ortho nitro benzene ring substituents is 1. The van der Waals surface area contributed by atoms with E-state index < -0.39 is 14.9 Å². The third-order valence-corrected chi connectivity index (χ3v) is 4.61. The Balaban J connectivity index is 2.43. The lowest BCUT2D eigenvalue weighted by molar-refractivity contribution is -0.384. The number of aromatic nitrogens is 2. The van der Waals surface area contributed by atoms with Crippen molar-refractivity contribution in [2.45, 2.75) is 18.7 Å². The summed E-state index contributed by atoms with van der Waals surface area (Å²) in [6.45, 7) is 3.30. The van der Waals surface area contributed by atoms with Crippen LogP contribution in [-0.4, -0.2) is 23.5 Å². The third kappa shape index (κ3) is 2.98. The summed E-state index contributed by atoms with van der Waals surface area (Å²) in [6.07, 6.45) is 0. The van der Waals surface area contributed by atoms with Crippen molar-refractivity contribution >= 4 is 33.0 Å². The van der Waals surface area contributed by atoms with E-state index in [1.165, 1.54) is 0 Å². The number of sulfonamides is 1. The maximum Gasteiger partial charge on any atom is 0.271 e. The fraction of sp³-hybridized carbons (Fsp3) is 0.182. The normalized spacial score (nSPS) is 11.4. The average Bonchev–Trinajstić information content (AvgIpc) is 2.69. The average molecular weight is 331 g/mol. The molecule has 0 bridgehead atoms. The standard InChI is InChI=1S/C11H11ClN4O4S/c1-6-11(7(2)14-13-6)15-21(19,20)10-4-3-8(16(17)18)5-9(10)12/h3-5,15H,1-2H3,(H,13,14). The number of nitro benzene ring substituents is 1. The van der Waals surface area contributed by atoms with Crippen LogP contribution in [-0.2, 0) is 10.0 Å². The van der Waals surface area contributed by atoms with Gasteiger partial charge in [0.2, 0.25) is 0 Å². The number of aryl methyl sites for hydroxylation is 2. The summed E-state index contributed by atoms with van der Waals surface area (Å²) >= 11 is 5.83. The molecule has 0 saturated heterocycles. The van der Waals surface area contributed by atoms with E-state index in [2.05, 4.69) is 14.9 Å². The first kappa shape index (κ1) is 15.3. The van der Waals surface area contributed by atoms with E-state index in [0.29, 0.717) is 17.1 Å². The number of nitrogens with one attached hydrogen (secondary N) is 2. The lowest BCUT2D eigenvalue weighted by atomic mass is 10.3. The highest BCUT2D eigenvalue weighted by atomic mass is 35.5. The molecule has 8 nitrogen and oxygen atoms in total. The van der Waals surface area contributed by atoms with Gasteiger partial charge in [-0.2, -0.15) is 5.10 Å². The summed E-state index contributed by atoms with van der Waals surface area (Å²) in [5, 5.41) is 16.9.